The average molecular weight is 210 g/mol. The van der Waals surface area contributed by atoms with E-state index in [0.29, 0.717) is 0 Å². The lowest BCUT2D eigenvalue weighted by atomic mass is 10.3. The number of nitrogens with one attached hydrogen (secondary N) is 1. The molecule has 2 rings (SSSR count). The molecule has 0 bridgehead atoms. The van der Waals surface area contributed by atoms with Gasteiger partial charge in [-0.15, -0.1) is 11.3 Å². The predicted octanol–water partition coefficient (Wildman–Crippen LogP) is 2.83. The number of hydrogen-bond acceptors (Lipinski definition) is 3. The van der Waals surface area contributed by atoms with Gasteiger partial charge in [0, 0.05) is 17.3 Å². The van der Waals surface area contributed by atoms with Gasteiger partial charge in [0.25, 0.3) is 0 Å². The molecule has 0 aliphatic heterocycles. The van der Waals surface area contributed by atoms with Crippen molar-refractivity contribution in [2.75, 3.05) is 6.54 Å². The van der Waals surface area contributed by atoms with Crippen molar-refractivity contribution in [1.82, 2.24) is 10.3 Å². The molecule has 1 aromatic rings. The summed E-state index contributed by atoms with van der Waals surface area (Å²) in [5.41, 5.74) is 1.24. The van der Waals surface area contributed by atoms with E-state index in [4.69, 9.17) is 0 Å². The van der Waals surface area contributed by atoms with Gasteiger partial charge in [0.2, 0.25) is 0 Å². The molecule has 1 aliphatic rings. The Kier molecular flexibility index (Phi) is 3.19. The predicted molar refractivity (Wildman–Crippen MR) is 60.8 cm³/mol. The van der Waals surface area contributed by atoms with Crippen molar-refractivity contribution in [2.45, 2.75) is 45.6 Å². The minimum atomic E-state index is 0.804. The number of rotatable bonds is 5. The van der Waals surface area contributed by atoms with Crippen molar-refractivity contribution in [3.63, 3.8) is 0 Å². The van der Waals surface area contributed by atoms with Crippen LogP contribution in [0.4, 0.5) is 0 Å². The fourth-order valence-electron chi connectivity index (χ4n) is 1.50. The molecule has 1 aromatic heterocycles. The molecule has 3 heteroatoms. The summed E-state index contributed by atoms with van der Waals surface area (Å²) in [5.74, 6) is 0.804. The van der Waals surface area contributed by atoms with Crippen molar-refractivity contribution < 1.29 is 0 Å². The van der Waals surface area contributed by atoms with Crippen LogP contribution in [-0.2, 0) is 6.54 Å². The number of hydrogen-bond donors (Lipinski definition) is 1. The Bertz CT molecular complexity index is 302. The summed E-state index contributed by atoms with van der Waals surface area (Å²) in [6.07, 6.45) is 3.91. The fourth-order valence-corrected chi connectivity index (χ4v) is 2.70. The van der Waals surface area contributed by atoms with E-state index in [-0.39, 0.29) is 0 Å². The first-order chi connectivity index (χ1) is 6.81. The van der Waals surface area contributed by atoms with Crippen molar-refractivity contribution in [2.24, 2.45) is 0 Å². The summed E-state index contributed by atoms with van der Waals surface area (Å²) in [5, 5.41) is 4.81. The summed E-state index contributed by atoms with van der Waals surface area (Å²) in [6.45, 7) is 6.44. The quantitative estimate of drug-likeness (QED) is 0.756. The second-order valence-electron chi connectivity index (χ2n) is 4.01. The lowest BCUT2D eigenvalue weighted by Crippen LogP contribution is -2.13. The Balaban J connectivity index is 1.94. The molecular weight excluding hydrogens is 192 g/mol. The largest absolute Gasteiger partial charge is 0.312 e. The molecule has 0 saturated heterocycles. The average Bonchev–Trinajstić information content (AvgIpc) is 2.94. The molecule has 0 radical (unpaired) electrons. The van der Waals surface area contributed by atoms with Crippen LogP contribution in [0.15, 0.2) is 0 Å². The van der Waals surface area contributed by atoms with E-state index < -0.39 is 0 Å². The molecule has 1 heterocycles. The fraction of sp³-hybridized carbons (Fsp3) is 0.727. The van der Waals surface area contributed by atoms with E-state index >= 15 is 0 Å². The third-order valence-corrected chi connectivity index (χ3v) is 3.87. The van der Waals surface area contributed by atoms with E-state index in [9.17, 15) is 0 Å². The smallest absolute Gasteiger partial charge is 0.0962 e. The van der Waals surface area contributed by atoms with Crippen LogP contribution in [0.25, 0.3) is 0 Å². The first kappa shape index (κ1) is 10.1. The first-order valence-corrected chi connectivity index (χ1v) is 6.29. The lowest BCUT2D eigenvalue weighted by molar-refractivity contribution is 0.678. The van der Waals surface area contributed by atoms with Crippen molar-refractivity contribution in [3.8, 4) is 0 Å². The molecule has 0 unspecified atom stereocenters. The van der Waals surface area contributed by atoms with Crippen molar-refractivity contribution >= 4 is 11.3 Å². The highest BCUT2D eigenvalue weighted by Crippen LogP contribution is 2.42. The monoisotopic (exact) mass is 210 g/mol. The van der Waals surface area contributed by atoms with Gasteiger partial charge in [0.05, 0.1) is 10.7 Å². The van der Waals surface area contributed by atoms with Gasteiger partial charge in [0.1, 0.15) is 0 Å². The maximum Gasteiger partial charge on any atom is 0.0962 e. The van der Waals surface area contributed by atoms with Crippen LogP contribution in [0.2, 0.25) is 0 Å². The number of aryl methyl sites for hydroxylation is 1. The molecule has 14 heavy (non-hydrogen) atoms. The number of thiazole rings is 1. The molecule has 0 spiro atoms. The molecule has 0 atom stereocenters. The van der Waals surface area contributed by atoms with Gasteiger partial charge in [-0.3, -0.25) is 0 Å². The SMILES string of the molecule is CCCNCc1sc(C2CC2)nc1C. The molecule has 1 N–H and O–H groups in total. The molecule has 1 saturated carbocycles. The lowest BCUT2D eigenvalue weighted by Gasteiger charge is -1.99. The van der Waals surface area contributed by atoms with Crippen molar-refractivity contribution in [1.29, 1.82) is 0 Å². The summed E-state index contributed by atoms with van der Waals surface area (Å²) in [4.78, 5) is 6.06. The Morgan fingerprint density at radius 3 is 2.93 bits per heavy atom. The standard InChI is InChI=1S/C11H18N2S/c1-3-6-12-7-10-8(2)13-11(14-10)9-4-5-9/h9,12H,3-7H2,1-2H3. The Morgan fingerprint density at radius 1 is 1.50 bits per heavy atom. The molecule has 0 amide bonds. The van der Waals surface area contributed by atoms with Crippen LogP contribution >= 0.6 is 11.3 Å². The minimum Gasteiger partial charge on any atom is -0.312 e. The van der Waals surface area contributed by atoms with Crippen LogP contribution in [0.5, 0.6) is 0 Å². The van der Waals surface area contributed by atoms with Gasteiger partial charge in [0.15, 0.2) is 0 Å². The van der Waals surface area contributed by atoms with E-state index in [1.165, 1.54) is 34.8 Å². The third kappa shape index (κ3) is 2.34. The Labute approximate surface area is 89.8 Å². The van der Waals surface area contributed by atoms with Crippen molar-refractivity contribution in [3.05, 3.63) is 15.6 Å². The molecular formula is C11H18N2S. The highest BCUT2D eigenvalue weighted by atomic mass is 32.1. The normalized spacial score (nSPS) is 16.1. The maximum atomic E-state index is 4.63. The van der Waals surface area contributed by atoms with Crippen LogP contribution in [0.1, 0.15) is 47.7 Å². The molecule has 2 nitrogen and oxygen atoms in total. The van der Waals surface area contributed by atoms with Crippen LogP contribution in [0, 0.1) is 6.92 Å². The third-order valence-electron chi connectivity index (χ3n) is 2.55. The molecule has 1 fully saturated rings. The summed E-state index contributed by atoms with van der Waals surface area (Å²) in [7, 11) is 0. The second kappa shape index (κ2) is 4.41. The minimum absolute atomic E-state index is 0.804. The molecule has 0 aromatic carbocycles. The molecule has 78 valence electrons. The topological polar surface area (TPSA) is 24.9 Å². The highest BCUT2D eigenvalue weighted by Gasteiger charge is 2.27. The number of nitrogens with zero attached hydrogens (tertiary/aromatic N) is 1. The first-order valence-electron chi connectivity index (χ1n) is 5.48. The maximum absolute atomic E-state index is 4.63. The van der Waals surface area contributed by atoms with E-state index in [1.54, 1.807) is 0 Å². The summed E-state index contributed by atoms with van der Waals surface area (Å²) < 4.78 is 0. The van der Waals surface area contributed by atoms with Gasteiger partial charge >= 0.3 is 0 Å². The number of aromatic nitrogens is 1. The van der Waals surface area contributed by atoms with Gasteiger partial charge in [-0.05, 0) is 32.7 Å². The second-order valence-corrected chi connectivity index (χ2v) is 5.13. The van der Waals surface area contributed by atoms with E-state index in [2.05, 4.69) is 24.1 Å². The van der Waals surface area contributed by atoms with Crippen LogP contribution in [0.3, 0.4) is 0 Å². The van der Waals surface area contributed by atoms with Gasteiger partial charge < -0.3 is 5.32 Å². The zero-order valence-corrected chi connectivity index (χ0v) is 9.78. The van der Waals surface area contributed by atoms with E-state index in [0.717, 1.165) is 19.0 Å². The van der Waals surface area contributed by atoms with E-state index in [1.807, 2.05) is 11.3 Å². The zero-order valence-electron chi connectivity index (χ0n) is 8.97. The van der Waals surface area contributed by atoms with Crippen LogP contribution < -0.4 is 5.32 Å². The van der Waals surface area contributed by atoms with Crippen LogP contribution in [-0.4, -0.2) is 11.5 Å². The Hall–Kier alpha value is -0.410. The Morgan fingerprint density at radius 2 is 2.29 bits per heavy atom. The van der Waals surface area contributed by atoms with Gasteiger partial charge in [-0.25, -0.2) is 4.98 Å². The van der Waals surface area contributed by atoms with Gasteiger partial charge in [-0.1, -0.05) is 6.92 Å². The highest BCUT2D eigenvalue weighted by molar-refractivity contribution is 7.11. The zero-order chi connectivity index (χ0) is 9.97. The molecule has 1 aliphatic carbocycles. The van der Waals surface area contributed by atoms with Gasteiger partial charge in [-0.2, -0.15) is 0 Å². The summed E-state index contributed by atoms with van der Waals surface area (Å²) >= 11 is 1.91. The summed E-state index contributed by atoms with van der Waals surface area (Å²) in [6, 6.07) is 0.